The quantitative estimate of drug-likeness (QED) is 0.0434. The lowest BCUT2D eigenvalue weighted by molar-refractivity contribution is -0.385. The van der Waals surface area contributed by atoms with E-state index >= 15 is 8.42 Å². The Balaban J connectivity index is 1.47. The smallest absolute Gasteiger partial charge is 0.273 e. The minimum Gasteiger partial charge on any atom is -0.277 e. The molecule has 0 saturated carbocycles. The molecule has 0 fully saturated rings. The standard InChI is InChI=1S/C40H26Cl4N8O6S2/c1-24-22-37(36(23-35(24)44)59-39(26-4-8-28(42)9-5-26)47-46-31-14-16-33(17-15-31)51(53)54)60(57,58)50-38(25-2-6-27(41)7-3-25)48-49(32-18-20-34(21-19-32)52(55)56)40(50)45-30-12-10-29(43)11-13-30/h2-23,46H,1H3/b45-40?,47-39-. The van der Waals surface area contributed by atoms with Gasteiger partial charge in [-0.25, -0.2) is 13.4 Å². The van der Waals surface area contributed by atoms with E-state index in [1.807, 2.05) is 0 Å². The Bertz CT molecular complexity index is 2980. The number of thioether (sulfide) groups is 1. The summed E-state index contributed by atoms with van der Waals surface area (Å²) in [5.74, 6) is -0.0762. The Morgan fingerprint density at radius 3 is 1.83 bits per heavy atom. The van der Waals surface area contributed by atoms with Crippen molar-refractivity contribution in [1.82, 2.24) is 13.8 Å². The number of rotatable bonds is 11. The second-order valence-corrected chi connectivity index (χ2v) is 17.2. The van der Waals surface area contributed by atoms with Gasteiger partial charge in [0.15, 0.2) is 5.82 Å². The zero-order chi connectivity index (χ0) is 42.7. The third-order valence-corrected chi connectivity index (χ3v) is 12.7. The van der Waals surface area contributed by atoms with Gasteiger partial charge >= 0.3 is 0 Å². The summed E-state index contributed by atoms with van der Waals surface area (Å²) in [6, 6.07) is 33.3. The van der Waals surface area contributed by atoms with Crippen LogP contribution >= 0.6 is 58.2 Å². The molecule has 7 rings (SSSR count). The van der Waals surface area contributed by atoms with E-state index in [0.29, 0.717) is 43.1 Å². The lowest BCUT2D eigenvalue weighted by Gasteiger charge is -2.16. The molecule has 20 heteroatoms. The molecule has 0 unspecified atom stereocenters. The molecule has 0 aliphatic carbocycles. The van der Waals surface area contributed by atoms with Crippen LogP contribution in [-0.4, -0.2) is 37.1 Å². The molecule has 0 aliphatic heterocycles. The summed E-state index contributed by atoms with van der Waals surface area (Å²) < 4.78 is 33.4. The topological polar surface area (TPSA) is 180 Å². The molecule has 0 aliphatic rings. The van der Waals surface area contributed by atoms with Gasteiger partial charge in [0.25, 0.3) is 21.4 Å². The predicted octanol–water partition coefficient (Wildman–Crippen LogP) is 11.1. The molecule has 0 radical (unpaired) electrons. The van der Waals surface area contributed by atoms with Gasteiger partial charge in [0.2, 0.25) is 5.62 Å². The average molecular weight is 921 g/mol. The maximum atomic E-state index is 15.6. The molecule has 1 aromatic heterocycles. The largest absolute Gasteiger partial charge is 0.277 e. The molecular weight excluding hydrogens is 894 g/mol. The van der Waals surface area contributed by atoms with Crippen molar-refractivity contribution in [2.75, 3.05) is 5.43 Å². The average Bonchev–Trinajstić information content (AvgIpc) is 3.62. The fourth-order valence-electron chi connectivity index (χ4n) is 5.60. The van der Waals surface area contributed by atoms with Crippen LogP contribution in [-0.2, 0) is 10.0 Å². The van der Waals surface area contributed by atoms with Gasteiger partial charge in [-0.3, -0.25) is 25.7 Å². The normalized spacial score (nSPS) is 12.1. The molecule has 60 heavy (non-hydrogen) atoms. The van der Waals surface area contributed by atoms with Gasteiger partial charge in [0, 0.05) is 60.4 Å². The van der Waals surface area contributed by atoms with E-state index in [0.717, 1.165) is 15.7 Å². The van der Waals surface area contributed by atoms with Crippen molar-refractivity contribution in [2.45, 2.75) is 16.7 Å². The molecule has 6 aromatic carbocycles. The van der Waals surface area contributed by atoms with Crippen LogP contribution in [0, 0.1) is 27.2 Å². The molecule has 0 bridgehead atoms. The van der Waals surface area contributed by atoms with E-state index in [1.54, 1.807) is 79.7 Å². The van der Waals surface area contributed by atoms with E-state index in [4.69, 9.17) is 56.5 Å². The Labute approximate surface area is 365 Å². The second kappa shape index (κ2) is 17.7. The summed E-state index contributed by atoms with van der Waals surface area (Å²) in [5.41, 5.74) is 4.68. The Morgan fingerprint density at radius 1 is 0.733 bits per heavy atom. The second-order valence-electron chi connectivity index (χ2n) is 12.7. The number of non-ortho nitro benzene ring substituents is 2. The summed E-state index contributed by atoms with van der Waals surface area (Å²) in [4.78, 5) is 26.5. The fourth-order valence-corrected chi connectivity index (χ4v) is 9.08. The third-order valence-electron chi connectivity index (χ3n) is 8.63. The molecule has 1 heterocycles. The molecular formula is C40H26Cl4N8O6S2. The Morgan fingerprint density at radius 2 is 1.27 bits per heavy atom. The number of nitro groups is 2. The minimum absolute atomic E-state index is 0.0762. The van der Waals surface area contributed by atoms with Crippen LogP contribution in [0.3, 0.4) is 0 Å². The summed E-state index contributed by atoms with van der Waals surface area (Å²) in [7, 11) is -4.75. The Kier molecular flexibility index (Phi) is 12.4. The third kappa shape index (κ3) is 9.23. The first-order valence-corrected chi connectivity index (χ1v) is 21.1. The van der Waals surface area contributed by atoms with E-state index < -0.39 is 19.9 Å². The monoisotopic (exact) mass is 918 g/mol. The maximum absolute atomic E-state index is 15.6. The van der Waals surface area contributed by atoms with Crippen molar-refractivity contribution in [2.24, 2.45) is 10.1 Å². The van der Waals surface area contributed by atoms with E-state index in [2.05, 4.69) is 10.5 Å². The van der Waals surface area contributed by atoms with Gasteiger partial charge < -0.3 is 0 Å². The van der Waals surface area contributed by atoms with Crippen LogP contribution in [0.25, 0.3) is 17.1 Å². The number of anilines is 1. The van der Waals surface area contributed by atoms with Crippen LogP contribution in [0.1, 0.15) is 11.1 Å². The first-order chi connectivity index (χ1) is 28.7. The van der Waals surface area contributed by atoms with Crippen molar-refractivity contribution in [3.8, 4) is 17.1 Å². The molecule has 1 N–H and O–H groups in total. The van der Waals surface area contributed by atoms with Crippen LogP contribution < -0.4 is 11.0 Å². The summed E-state index contributed by atoms with van der Waals surface area (Å²) >= 11 is 26.4. The number of hydrogen-bond donors (Lipinski definition) is 1. The summed E-state index contributed by atoms with van der Waals surface area (Å²) in [5, 5.41) is 34.0. The van der Waals surface area contributed by atoms with E-state index in [9.17, 15) is 20.2 Å². The summed E-state index contributed by atoms with van der Waals surface area (Å²) in [6.45, 7) is 1.66. The zero-order valence-corrected chi connectivity index (χ0v) is 35.3. The number of hydrazone groups is 1. The highest BCUT2D eigenvalue weighted by atomic mass is 35.5. The maximum Gasteiger partial charge on any atom is 0.273 e. The number of nitro benzene ring substituents is 2. The van der Waals surface area contributed by atoms with Gasteiger partial charge in [0.1, 0.15) is 9.94 Å². The number of aryl methyl sites for hydroxylation is 1. The number of hydrogen-bond acceptors (Lipinski definition) is 11. The number of halogens is 4. The predicted molar refractivity (Wildman–Crippen MR) is 235 cm³/mol. The number of nitrogens with one attached hydrogen (secondary N) is 1. The van der Waals surface area contributed by atoms with Crippen molar-refractivity contribution in [3.63, 3.8) is 0 Å². The lowest BCUT2D eigenvalue weighted by Crippen LogP contribution is -2.31. The number of benzene rings is 6. The van der Waals surface area contributed by atoms with Gasteiger partial charge in [-0.1, -0.05) is 70.3 Å². The molecule has 7 aromatic rings. The SMILES string of the molecule is Cc1cc(S(=O)(=O)n2c(-c3ccc(Cl)cc3)nn(-c3ccc([N+](=O)[O-])cc3)c2=Nc2ccc(Cl)cc2)c(S/C(=N\Nc2ccc([N+](=O)[O-])cc2)c2ccc(Cl)cc2)cc1Cl. The minimum atomic E-state index is -4.75. The molecule has 0 atom stereocenters. The van der Waals surface area contributed by atoms with Crippen molar-refractivity contribution < 1.29 is 18.3 Å². The van der Waals surface area contributed by atoms with Crippen LogP contribution in [0.5, 0.6) is 0 Å². The van der Waals surface area contributed by atoms with Gasteiger partial charge in [0.05, 0.1) is 26.9 Å². The molecule has 0 saturated heterocycles. The number of nitrogens with zero attached hydrogens (tertiary/aromatic N) is 7. The van der Waals surface area contributed by atoms with Gasteiger partial charge in [-0.15, -0.1) is 5.10 Å². The highest BCUT2D eigenvalue weighted by Crippen LogP contribution is 2.37. The lowest BCUT2D eigenvalue weighted by atomic mass is 10.2. The van der Waals surface area contributed by atoms with Crippen LogP contribution in [0.15, 0.2) is 153 Å². The van der Waals surface area contributed by atoms with Gasteiger partial charge in [-0.05, 0) is 110 Å². The van der Waals surface area contributed by atoms with E-state index in [1.165, 1.54) is 65.3 Å². The van der Waals surface area contributed by atoms with Crippen LogP contribution in [0.4, 0.5) is 22.7 Å². The highest BCUT2D eigenvalue weighted by molar-refractivity contribution is 8.14. The molecule has 0 spiro atoms. The van der Waals surface area contributed by atoms with Crippen molar-refractivity contribution >= 4 is 96.0 Å². The Hall–Kier alpha value is -6.01. The zero-order valence-electron chi connectivity index (χ0n) is 30.6. The highest BCUT2D eigenvalue weighted by Gasteiger charge is 2.31. The number of aromatic nitrogens is 3. The van der Waals surface area contributed by atoms with Gasteiger partial charge in [-0.2, -0.15) is 13.8 Å². The molecule has 302 valence electrons. The molecule has 14 nitrogen and oxygen atoms in total. The summed E-state index contributed by atoms with van der Waals surface area (Å²) in [6.07, 6.45) is 0. The van der Waals surface area contributed by atoms with E-state index in [-0.39, 0.29) is 48.4 Å². The molecule has 0 amide bonds. The fraction of sp³-hybridized carbons (Fsp3) is 0.0250. The van der Waals surface area contributed by atoms with Crippen molar-refractivity contribution in [1.29, 1.82) is 0 Å². The first-order valence-electron chi connectivity index (χ1n) is 17.3. The first kappa shape index (κ1) is 42.1. The van der Waals surface area contributed by atoms with Crippen LogP contribution in [0.2, 0.25) is 20.1 Å². The van der Waals surface area contributed by atoms with Crippen molar-refractivity contribution in [3.05, 3.63) is 191 Å².